The first-order valence-corrected chi connectivity index (χ1v) is 10.5. The summed E-state index contributed by atoms with van der Waals surface area (Å²) in [6.45, 7) is 3.71. The average molecular weight is 424 g/mol. The average Bonchev–Trinajstić information content (AvgIpc) is 2.80. The quantitative estimate of drug-likeness (QED) is 0.496. The van der Waals surface area contributed by atoms with E-state index >= 15 is 0 Å². The van der Waals surface area contributed by atoms with Gasteiger partial charge in [0.1, 0.15) is 6.61 Å². The van der Waals surface area contributed by atoms with Crippen LogP contribution in [0.25, 0.3) is 16.7 Å². The molecule has 4 heteroatoms. The van der Waals surface area contributed by atoms with Crippen molar-refractivity contribution in [2.45, 2.75) is 26.9 Å². The number of Topliss-reactive ketones (excluding diaryl/α,β-unsaturated/α-hetero) is 1. The van der Waals surface area contributed by atoms with E-state index < -0.39 is 11.4 Å². The molecule has 1 aliphatic rings. The van der Waals surface area contributed by atoms with Crippen LogP contribution in [0.3, 0.4) is 0 Å². The minimum Gasteiger partial charge on any atom is -0.457 e. The minimum atomic E-state index is -0.689. The molecule has 0 spiro atoms. The highest BCUT2D eigenvalue weighted by molar-refractivity contribution is 6.30. The van der Waals surface area contributed by atoms with Gasteiger partial charge in [0.15, 0.2) is 11.6 Å². The molecule has 1 aliphatic carbocycles. The molecule has 32 heavy (non-hydrogen) atoms. The maximum absolute atomic E-state index is 12.7. The molecule has 0 bridgehead atoms. The number of ketones is 2. The van der Waals surface area contributed by atoms with Crippen molar-refractivity contribution in [2.24, 2.45) is 5.41 Å². The lowest BCUT2D eigenvalue weighted by Gasteiger charge is -2.27. The van der Waals surface area contributed by atoms with Gasteiger partial charge in [-0.25, -0.2) is 4.79 Å². The van der Waals surface area contributed by atoms with Crippen LogP contribution in [0.5, 0.6) is 0 Å². The highest BCUT2D eigenvalue weighted by Crippen LogP contribution is 2.34. The fourth-order valence-electron chi connectivity index (χ4n) is 3.81. The number of carbonyl (C=O) groups excluding carboxylic acids is 3. The number of hydrogen-bond acceptors (Lipinski definition) is 4. The van der Waals surface area contributed by atoms with E-state index in [2.05, 4.69) is 0 Å². The molecule has 3 aromatic rings. The summed E-state index contributed by atoms with van der Waals surface area (Å²) in [6, 6.07) is 24.5. The number of ether oxygens (including phenoxy) is 1. The summed E-state index contributed by atoms with van der Waals surface area (Å²) in [4.78, 5) is 37.1. The van der Waals surface area contributed by atoms with Crippen molar-refractivity contribution in [2.75, 3.05) is 0 Å². The summed E-state index contributed by atoms with van der Waals surface area (Å²) in [5.41, 5.74) is 3.86. The van der Waals surface area contributed by atoms with Gasteiger partial charge in [-0.05, 0) is 40.5 Å². The van der Waals surface area contributed by atoms with Crippen molar-refractivity contribution in [3.05, 3.63) is 102 Å². The van der Waals surface area contributed by atoms with E-state index in [-0.39, 0.29) is 24.6 Å². The minimum absolute atomic E-state index is 0.0322. The van der Waals surface area contributed by atoms with Crippen molar-refractivity contribution in [3.63, 3.8) is 0 Å². The summed E-state index contributed by atoms with van der Waals surface area (Å²) in [5.74, 6) is -0.470. The molecule has 0 saturated heterocycles. The Bertz CT molecular complexity index is 1180. The number of carbonyl (C=O) groups is 3. The molecular formula is C28H24O4. The Balaban J connectivity index is 1.40. The molecule has 160 valence electrons. The molecule has 4 nitrogen and oxygen atoms in total. The van der Waals surface area contributed by atoms with Gasteiger partial charge < -0.3 is 4.74 Å². The van der Waals surface area contributed by atoms with E-state index in [4.69, 9.17) is 4.74 Å². The van der Waals surface area contributed by atoms with Crippen molar-refractivity contribution in [3.8, 4) is 11.1 Å². The standard InChI is InChI=1S/C28H24O4/c1-28(2)17-24(29)16-25(26(28)30)22-10-8-19(9-11-22)18-32-27(31)23-14-12-21(13-15-23)20-6-4-3-5-7-20/h3-16H,17-18H2,1-2H3. The maximum atomic E-state index is 12.7. The summed E-state index contributed by atoms with van der Waals surface area (Å²) in [6.07, 6.45) is 1.66. The van der Waals surface area contributed by atoms with Gasteiger partial charge in [0.25, 0.3) is 0 Å². The van der Waals surface area contributed by atoms with E-state index in [1.54, 1.807) is 50.2 Å². The SMILES string of the molecule is CC1(C)CC(=O)C=C(c2ccc(COC(=O)c3ccc(-c4ccccc4)cc3)cc2)C1=O. The molecule has 0 amide bonds. The van der Waals surface area contributed by atoms with E-state index in [1.807, 2.05) is 42.5 Å². The summed E-state index contributed by atoms with van der Waals surface area (Å²) >= 11 is 0. The smallest absolute Gasteiger partial charge is 0.338 e. The Morgan fingerprint density at radius 2 is 1.41 bits per heavy atom. The third-order valence-corrected chi connectivity index (χ3v) is 5.64. The first-order valence-electron chi connectivity index (χ1n) is 10.5. The highest BCUT2D eigenvalue weighted by Gasteiger charge is 2.36. The Morgan fingerprint density at radius 1 is 0.812 bits per heavy atom. The molecule has 0 atom stereocenters. The van der Waals surface area contributed by atoms with Gasteiger partial charge in [0.2, 0.25) is 0 Å². The molecule has 0 saturated carbocycles. The molecule has 0 heterocycles. The zero-order chi connectivity index (χ0) is 22.7. The first-order chi connectivity index (χ1) is 15.3. The van der Waals surface area contributed by atoms with Crippen LogP contribution in [0.1, 0.15) is 41.8 Å². The zero-order valence-corrected chi connectivity index (χ0v) is 18.1. The number of esters is 1. The Kier molecular flexibility index (Phi) is 5.87. The second kappa shape index (κ2) is 8.75. The topological polar surface area (TPSA) is 60.4 Å². The Labute approximate surface area is 187 Å². The molecule has 0 fully saturated rings. The molecule has 0 unspecified atom stereocenters. The molecular weight excluding hydrogens is 400 g/mol. The Morgan fingerprint density at radius 3 is 2.06 bits per heavy atom. The molecule has 0 N–H and O–H groups in total. The molecule has 0 radical (unpaired) electrons. The van der Waals surface area contributed by atoms with E-state index in [1.165, 1.54) is 6.08 Å². The Hall–Kier alpha value is -3.79. The van der Waals surface area contributed by atoms with Crippen molar-refractivity contribution >= 4 is 23.1 Å². The predicted molar refractivity (Wildman–Crippen MR) is 124 cm³/mol. The van der Waals surface area contributed by atoms with Gasteiger partial charge >= 0.3 is 5.97 Å². The lowest BCUT2D eigenvalue weighted by molar-refractivity contribution is -0.127. The van der Waals surface area contributed by atoms with Crippen LogP contribution in [-0.4, -0.2) is 17.5 Å². The molecule has 0 aliphatic heterocycles. The maximum Gasteiger partial charge on any atom is 0.338 e. The highest BCUT2D eigenvalue weighted by atomic mass is 16.5. The van der Waals surface area contributed by atoms with Crippen LogP contribution >= 0.6 is 0 Å². The van der Waals surface area contributed by atoms with Gasteiger partial charge in [0.05, 0.1) is 5.56 Å². The second-order valence-electron chi connectivity index (χ2n) is 8.63. The third-order valence-electron chi connectivity index (χ3n) is 5.64. The van der Waals surface area contributed by atoms with Crippen LogP contribution in [-0.2, 0) is 20.9 Å². The van der Waals surface area contributed by atoms with Crippen LogP contribution in [0.2, 0.25) is 0 Å². The number of allylic oxidation sites excluding steroid dienone is 2. The lowest BCUT2D eigenvalue weighted by atomic mass is 9.74. The predicted octanol–water partition coefficient (Wildman–Crippen LogP) is 5.66. The number of benzene rings is 3. The van der Waals surface area contributed by atoms with Crippen LogP contribution in [0.4, 0.5) is 0 Å². The lowest BCUT2D eigenvalue weighted by Crippen LogP contribution is -2.31. The van der Waals surface area contributed by atoms with Gasteiger partial charge in [-0.3, -0.25) is 9.59 Å². The number of rotatable bonds is 5. The van der Waals surface area contributed by atoms with Gasteiger partial charge in [-0.2, -0.15) is 0 Å². The van der Waals surface area contributed by atoms with E-state index in [0.29, 0.717) is 16.7 Å². The van der Waals surface area contributed by atoms with Crippen LogP contribution in [0.15, 0.2) is 84.9 Å². The largest absolute Gasteiger partial charge is 0.457 e. The normalized spacial score (nSPS) is 15.2. The second-order valence-corrected chi connectivity index (χ2v) is 8.63. The van der Waals surface area contributed by atoms with Gasteiger partial charge in [-0.1, -0.05) is 80.6 Å². The summed E-state index contributed by atoms with van der Waals surface area (Å²) < 4.78 is 5.44. The zero-order valence-electron chi connectivity index (χ0n) is 18.1. The number of hydrogen-bond donors (Lipinski definition) is 0. The van der Waals surface area contributed by atoms with Crippen molar-refractivity contribution in [1.82, 2.24) is 0 Å². The molecule has 4 rings (SSSR count). The van der Waals surface area contributed by atoms with Crippen molar-refractivity contribution < 1.29 is 19.1 Å². The van der Waals surface area contributed by atoms with Crippen LogP contribution in [0, 0.1) is 5.41 Å². The first kappa shape index (κ1) is 21.4. The van der Waals surface area contributed by atoms with Crippen molar-refractivity contribution in [1.29, 1.82) is 0 Å². The molecule has 3 aromatic carbocycles. The van der Waals surface area contributed by atoms with E-state index in [9.17, 15) is 14.4 Å². The molecule has 0 aromatic heterocycles. The fraction of sp³-hybridized carbons (Fsp3) is 0.179. The van der Waals surface area contributed by atoms with Gasteiger partial charge in [-0.15, -0.1) is 0 Å². The third kappa shape index (κ3) is 4.59. The van der Waals surface area contributed by atoms with Crippen LogP contribution < -0.4 is 0 Å². The monoisotopic (exact) mass is 424 g/mol. The van der Waals surface area contributed by atoms with E-state index in [0.717, 1.165) is 16.7 Å². The summed E-state index contributed by atoms with van der Waals surface area (Å²) in [5, 5.41) is 0. The summed E-state index contributed by atoms with van der Waals surface area (Å²) in [7, 11) is 0. The van der Waals surface area contributed by atoms with Gasteiger partial charge in [0, 0.05) is 17.4 Å². The fourth-order valence-corrected chi connectivity index (χ4v) is 3.81.